The van der Waals surface area contributed by atoms with Crippen molar-refractivity contribution in [2.45, 2.75) is 25.3 Å². The molecule has 0 radical (unpaired) electrons. The molecule has 1 amide bonds. The topological polar surface area (TPSA) is 36.0 Å². The van der Waals surface area contributed by atoms with Crippen molar-refractivity contribution < 1.29 is 13.9 Å². The van der Waals surface area contributed by atoms with E-state index in [1.165, 1.54) is 12.1 Å². The van der Waals surface area contributed by atoms with E-state index in [0.717, 1.165) is 51.3 Å². The average Bonchev–Trinajstić information content (AvgIpc) is 2.67. The minimum absolute atomic E-state index is 0.191. The maximum atomic E-state index is 13.0. The average molecular weight is 349 g/mol. The molecule has 3 rings (SSSR count). The molecule has 1 aromatic carbocycles. The highest BCUT2D eigenvalue weighted by Gasteiger charge is 2.24. The number of amides is 1. The standard InChI is InChI=1S/C19H28FN3O2/c1-21(9-8-19(24)23-12-14-25-15-13-23)17-6-10-22(11-7-17)18-4-2-16(20)3-5-18/h2-5,17H,6-15H2,1H3. The van der Waals surface area contributed by atoms with Crippen molar-refractivity contribution in [1.29, 1.82) is 0 Å². The molecule has 0 saturated carbocycles. The molecule has 2 heterocycles. The Labute approximate surface area is 149 Å². The van der Waals surface area contributed by atoms with E-state index in [4.69, 9.17) is 4.74 Å². The number of hydrogen-bond acceptors (Lipinski definition) is 4. The van der Waals surface area contributed by atoms with Crippen molar-refractivity contribution in [3.8, 4) is 0 Å². The fourth-order valence-corrected chi connectivity index (χ4v) is 3.64. The second kappa shape index (κ2) is 8.63. The monoisotopic (exact) mass is 349 g/mol. The number of morpholine rings is 1. The lowest BCUT2D eigenvalue weighted by molar-refractivity contribution is -0.135. The van der Waals surface area contributed by atoms with Crippen molar-refractivity contribution in [2.24, 2.45) is 0 Å². The number of anilines is 1. The van der Waals surface area contributed by atoms with Crippen LogP contribution >= 0.6 is 0 Å². The van der Waals surface area contributed by atoms with Gasteiger partial charge < -0.3 is 19.4 Å². The van der Waals surface area contributed by atoms with Crippen LogP contribution in [0.2, 0.25) is 0 Å². The van der Waals surface area contributed by atoms with E-state index in [-0.39, 0.29) is 11.7 Å². The second-order valence-electron chi connectivity index (χ2n) is 6.92. The van der Waals surface area contributed by atoms with Crippen LogP contribution in [0.4, 0.5) is 10.1 Å². The highest BCUT2D eigenvalue weighted by molar-refractivity contribution is 5.76. The third-order valence-electron chi connectivity index (χ3n) is 5.32. The summed E-state index contributed by atoms with van der Waals surface area (Å²) >= 11 is 0. The van der Waals surface area contributed by atoms with Gasteiger partial charge >= 0.3 is 0 Å². The zero-order valence-electron chi connectivity index (χ0n) is 15.0. The summed E-state index contributed by atoms with van der Waals surface area (Å²) in [4.78, 5) is 18.8. The SMILES string of the molecule is CN(CCC(=O)N1CCOCC1)C1CCN(c2ccc(F)cc2)CC1. The third-order valence-corrected chi connectivity index (χ3v) is 5.32. The summed E-state index contributed by atoms with van der Waals surface area (Å²) in [6.07, 6.45) is 2.72. The van der Waals surface area contributed by atoms with Gasteiger partial charge in [0.15, 0.2) is 0 Å². The Kier molecular flexibility index (Phi) is 6.26. The first kappa shape index (κ1) is 18.1. The van der Waals surface area contributed by atoms with E-state index in [0.29, 0.717) is 25.7 Å². The van der Waals surface area contributed by atoms with Crippen LogP contribution in [0.5, 0.6) is 0 Å². The molecule has 0 atom stereocenters. The van der Waals surface area contributed by atoms with Gasteiger partial charge in [-0.25, -0.2) is 4.39 Å². The summed E-state index contributed by atoms with van der Waals surface area (Å²) in [5, 5.41) is 0. The molecule has 2 saturated heterocycles. The summed E-state index contributed by atoms with van der Waals surface area (Å²) in [7, 11) is 2.12. The molecular weight excluding hydrogens is 321 g/mol. The van der Waals surface area contributed by atoms with Crippen LogP contribution < -0.4 is 4.90 Å². The summed E-state index contributed by atoms with van der Waals surface area (Å²) in [6, 6.07) is 7.24. The van der Waals surface area contributed by atoms with E-state index in [1.54, 1.807) is 0 Å². The number of ether oxygens (including phenoxy) is 1. The van der Waals surface area contributed by atoms with Gasteiger partial charge in [-0.1, -0.05) is 0 Å². The molecule has 2 aliphatic rings. The fraction of sp³-hybridized carbons (Fsp3) is 0.632. The van der Waals surface area contributed by atoms with Gasteiger partial charge in [0.1, 0.15) is 5.82 Å². The van der Waals surface area contributed by atoms with Gasteiger partial charge in [0, 0.05) is 50.9 Å². The number of piperidine rings is 1. The van der Waals surface area contributed by atoms with Gasteiger partial charge in [-0.3, -0.25) is 4.79 Å². The van der Waals surface area contributed by atoms with Gasteiger partial charge in [-0.2, -0.15) is 0 Å². The maximum Gasteiger partial charge on any atom is 0.224 e. The molecule has 0 N–H and O–H groups in total. The van der Waals surface area contributed by atoms with Crippen LogP contribution in [0.25, 0.3) is 0 Å². The van der Waals surface area contributed by atoms with Gasteiger partial charge in [0.05, 0.1) is 13.2 Å². The lowest BCUT2D eigenvalue weighted by atomic mass is 10.0. The maximum absolute atomic E-state index is 13.0. The third kappa shape index (κ3) is 4.92. The Morgan fingerprint density at radius 1 is 1.16 bits per heavy atom. The number of halogens is 1. The Morgan fingerprint density at radius 3 is 2.44 bits per heavy atom. The quantitative estimate of drug-likeness (QED) is 0.814. The molecule has 2 fully saturated rings. The van der Waals surface area contributed by atoms with Crippen LogP contribution in [-0.4, -0.2) is 74.7 Å². The Morgan fingerprint density at radius 2 is 1.80 bits per heavy atom. The molecular formula is C19H28FN3O2. The first-order chi connectivity index (χ1) is 12.1. The van der Waals surface area contributed by atoms with Crippen molar-refractivity contribution in [3.05, 3.63) is 30.1 Å². The summed E-state index contributed by atoms with van der Waals surface area (Å²) in [5.74, 6) is 0.0437. The molecule has 0 aliphatic carbocycles. The Balaban J connectivity index is 1.41. The predicted octanol–water partition coefficient (Wildman–Crippen LogP) is 1.98. The molecule has 0 unspecified atom stereocenters. The van der Waals surface area contributed by atoms with Crippen molar-refractivity contribution >= 4 is 11.6 Å². The van der Waals surface area contributed by atoms with E-state index in [9.17, 15) is 9.18 Å². The number of rotatable bonds is 5. The van der Waals surface area contributed by atoms with Crippen molar-refractivity contribution in [3.63, 3.8) is 0 Å². The number of benzene rings is 1. The van der Waals surface area contributed by atoms with Gasteiger partial charge in [0.2, 0.25) is 5.91 Å². The molecule has 6 heteroatoms. The van der Waals surface area contributed by atoms with Crippen LogP contribution in [0.1, 0.15) is 19.3 Å². The van der Waals surface area contributed by atoms with Crippen molar-refractivity contribution in [1.82, 2.24) is 9.80 Å². The fourth-order valence-electron chi connectivity index (χ4n) is 3.64. The Hall–Kier alpha value is -1.66. The zero-order valence-corrected chi connectivity index (χ0v) is 15.0. The lowest BCUT2D eigenvalue weighted by Crippen LogP contribution is -2.45. The molecule has 138 valence electrons. The highest BCUT2D eigenvalue weighted by Crippen LogP contribution is 2.22. The van der Waals surface area contributed by atoms with Crippen LogP contribution in [0.3, 0.4) is 0 Å². The minimum atomic E-state index is -0.191. The van der Waals surface area contributed by atoms with E-state index in [2.05, 4.69) is 16.8 Å². The van der Waals surface area contributed by atoms with Crippen LogP contribution in [0.15, 0.2) is 24.3 Å². The van der Waals surface area contributed by atoms with E-state index < -0.39 is 0 Å². The smallest absolute Gasteiger partial charge is 0.224 e. The van der Waals surface area contributed by atoms with Gasteiger partial charge in [-0.15, -0.1) is 0 Å². The number of carbonyl (C=O) groups excluding carboxylic acids is 1. The van der Waals surface area contributed by atoms with E-state index >= 15 is 0 Å². The summed E-state index contributed by atoms with van der Waals surface area (Å²) in [6.45, 7) is 5.50. The number of hydrogen-bond donors (Lipinski definition) is 0. The molecule has 0 spiro atoms. The summed E-state index contributed by atoms with van der Waals surface area (Å²) in [5.41, 5.74) is 1.09. The first-order valence-corrected chi connectivity index (χ1v) is 9.20. The lowest BCUT2D eigenvalue weighted by Gasteiger charge is -2.38. The number of carbonyl (C=O) groups is 1. The van der Waals surface area contributed by atoms with E-state index in [1.807, 2.05) is 17.0 Å². The first-order valence-electron chi connectivity index (χ1n) is 9.20. The Bertz CT molecular complexity index is 552. The molecule has 0 aromatic heterocycles. The number of nitrogens with zero attached hydrogens (tertiary/aromatic N) is 3. The highest BCUT2D eigenvalue weighted by atomic mass is 19.1. The van der Waals surface area contributed by atoms with Crippen LogP contribution in [-0.2, 0) is 9.53 Å². The second-order valence-corrected chi connectivity index (χ2v) is 6.92. The summed E-state index contributed by atoms with van der Waals surface area (Å²) < 4.78 is 18.3. The predicted molar refractivity (Wildman–Crippen MR) is 96.3 cm³/mol. The van der Waals surface area contributed by atoms with Crippen molar-refractivity contribution in [2.75, 3.05) is 57.9 Å². The minimum Gasteiger partial charge on any atom is -0.378 e. The normalized spacial score (nSPS) is 19.5. The molecule has 5 nitrogen and oxygen atoms in total. The molecule has 1 aromatic rings. The van der Waals surface area contributed by atoms with Gasteiger partial charge in [-0.05, 0) is 44.2 Å². The molecule has 2 aliphatic heterocycles. The molecule has 0 bridgehead atoms. The van der Waals surface area contributed by atoms with Gasteiger partial charge in [0.25, 0.3) is 0 Å². The largest absolute Gasteiger partial charge is 0.378 e. The van der Waals surface area contributed by atoms with Crippen LogP contribution in [0, 0.1) is 5.82 Å². The molecule has 25 heavy (non-hydrogen) atoms. The zero-order chi connectivity index (χ0) is 17.6.